The smallest absolute Gasteiger partial charge is 0.148 e. The van der Waals surface area contributed by atoms with Gasteiger partial charge in [-0.15, -0.1) is 0 Å². The van der Waals surface area contributed by atoms with Gasteiger partial charge in [0.1, 0.15) is 11.6 Å². The first-order valence-corrected chi connectivity index (χ1v) is 5.68. The minimum Gasteiger partial charge on any atom is -0.495 e. The van der Waals surface area contributed by atoms with E-state index in [1.165, 1.54) is 13.2 Å². The fourth-order valence-corrected chi connectivity index (χ4v) is 1.96. The van der Waals surface area contributed by atoms with Crippen LogP contribution in [0.25, 0.3) is 0 Å². The van der Waals surface area contributed by atoms with Crippen LogP contribution in [0.4, 0.5) is 15.8 Å². The van der Waals surface area contributed by atoms with Crippen LogP contribution in [-0.2, 0) is 4.74 Å². The molecule has 2 N–H and O–H groups in total. The maximum absolute atomic E-state index is 13.9. The highest BCUT2D eigenvalue weighted by molar-refractivity contribution is 5.63. The molecule has 1 aromatic rings. The minimum atomic E-state index is -0.315. The van der Waals surface area contributed by atoms with E-state index in [1.54, 1.807) is 6.07 Å². The Kier molecular flexibility index (Phi) is 3.68. The topological polar surface area (TPSA) is 47.7 Å². The Bertz CT molecular complexity index is 390. The molecule has 0 amide bonds. The number of nitrogen functional groups attached to an aromatic ring is 1. The molecule has 0 aliphatic carbocycles. The normalized spacial score (nSPS) is 16.7. The summed E-state index contributed by atoms with van der Waals surface area (Å²) in [5.74, 6) is 0.191. The molecule has 1 heterocycles. The lowest BCUT2D eigenvalue weighted by molar-refractivity contribution is 0.152. The highest BCUT2D eigenvalue weighted by atomic mass is 19.1. The fourth-order valence-electron chi connectivity index (χ4n) is 1.96. The average Bonchev–Trinajstić information content (AvgIpc) is 2.58. The van der Waals surface area contributed by atoms with E-state index in [-0.39, 0.29) is 5.82 Å². The van der Waals surface area contributed by atoms with E-state index < -0.39 is 0 Å². The standard InChI is InChI=1S/C12H17FN2O2/c1-16-12-8-11(9(13)7-10(12)14)15-3-2-5-17-6-4-15/h7-8H,2-6,14H2,1H3. The van der Waals surface area contributed by atoms with Gasteiger partial charge in [0.25, 0.3) is 0 Å². The minimum absolute atomic E-state index is 0.315. The summed E-state index contributed by atoms with van der Waals surface area (Å²) in [5.41, 5.74) is 6.50. The second-order valence-electron chi connectivity index (χ2n) is 4.00. The van der Waals surface area contributed by atoms with Crippen molar-refractivity contribution in [2.24, 2.45) is 0 Å². The van der Waals surface area contributed by atoms with Gasteiger partial charge in [0, 0.05) is 31.8 Å². The zero-order valence-corrected chi connectivity index (χ0v) is 9.91. The van der Waals surface area contributed by atoms with Crippen molar-refractivity contribution < 1.29 is 13.9 Å². The summed E-state index contributed by atoms with van der Waals surface area (Å²) in [6.45, 7) is 2.81. The van der Waals surface area contributed by atoms with Crippen molar-refractivity contribution >= 4 is 11.4 Å². The van der Waals surface area contributed by atoms with Gasteiger partial charge in [-0.1, -0.05) is 0 Å². The van der Waals surface area contributed by atoms with E-state index in [0.717, 1.165) is 19.6 Å². The number of halogens is 1. The van der Waals surface area contributed by atoms with Crippen LogP contribution >= 0.6 is 0 Å². The molecule has 0 bridgehead atoms. The quantitative estimate of drug-likeness (QED) is 0.798. The van der Waals surface area contributed by atoms with Crippen molar-refractivity contribution in [3.63, 3.8) is 0 Å². The molecule has 0 aromatic heterocycles. The summed E-state index contributed by atoms with van der Waals surface area (Å²) in [6, 6.07) is 2.95. The predicted octanol–water partition coefficient (Wildman–Crippen LogP) is 1.64. The number of nitrogens with two attached hydrogens (primary N) is 1. The summed E-state index contributed by atoms with van der Waals surface area (Å²) in [6.07, 6.45) is 0.895. The second-order valence-corrected chi connectivity index (χ2v) is 4.00. The summed E-state index contributed by atoms with van der Waals surface area (Å²) >= 11 is 0. The molecule has 1 aromatic carbocycles. The monoisotopic (exact) mass is 240 g/mol. The number of ether oxygens (including phenoxy) is 2. The third-order valence-electron chi connectivity index (χ3n) is 2.86. The van der Waals surface area contributed by atoms with Gasteiger partial charge in [-0.05, 0) is 6.42 Å². The Labute approximate surface area is 100 Å². The predicted molar refractivity (Wildman–Crippen MR) is 65.0 cm³/mol. The van der Waals surface area contributed by atoms with E-state index in [1.807, 2.05) is 4.90 Å². The molecular weight excluding hydrogens is 223 g/mol. The molecule has 5 heteroatoms. The molecule has 0 saturated carbocycles. The first-order chi connectivity index (χ1) is 8.22. The molecule has 1 fully saturated rings. The molecule has 0 spiro atoms. The number of benzene rings is 1. The van der Waals surface area contributed by atoms with Crippen LogP contribution in [-0.4, -0.2) is 33.4 Å². The third-order valence-corrected chi connectivity index (χ3v) is 2.86. The largest absolute Gasteiger partial charge is 0.495 e. The SMILES string of the molecule is COc1cc(N2CCCOCC2)c(F)cc1N. The van der Waals surface area contributed by atoms with Gasteiger partial charge in [-0.3, -0.25) is 0 Å². The number of hydrogen-bond acceptors (Lipinski definition) is 4. The lowest BCUT2D eigenvalue weighted by Gasteiger charge is -2.23. The Morgan fingerprint density at radius 1 is 1.35 bits per heavy atom. The van der Waals surface area contributed by atoms with Gasteiger partial charge in [0.15, 0.2) is 0 Å². The second kappa shape index (κ2) is 5.23. The first-order valence-electron chi connectivity index (χ1n) is 5.68. The van der Waals surface area contributed by atoms with Crippen LogP contribution in [0.3, 0.4) is 0 Å². The highest BCUT2D eigenvalue weighted by Gasteiger charge is 2.16. The molecular formula is C12H17FN2O2. The maximum atomic E-state index is 13.9. The molecule has 1 aliphatic rings. The van der Waals surface area contributed by atoms with Crippen LogP contribution < -0.4 is 15.4 Å². The Balaban J connectivity index is 2.29. The number of nitrogens with zero attached hydrogens (tertiary/aromatic N) is 1. The van der Waals surface area contributed by atoms with Crippen LogP contribution in [0.1, 0.15) is 6.42 Å². The van der Waals surface area contributed by atoms with E-state index >= 15 is 0 Å². The molecule has 17 heavy (non-hydrogen) atoms. The van der Waals surface area contributed by atoms with Gasteiger partial charge >= 0.3 is 0 Å². The fraction of sp³-hybridized carbons (Fsp3) is 0.500. The molecule has 4 nitrogen and oxygen atoms in total. The molecule has 1 saturated heterocycles. The van der Waals surface area contributed by atoms with Crippen LogP contribution in [0.2, 0.25) is 0 Å². The molecule has 0 radical (unpaired) electrons. The molecule has 1 aliphatic heterocycles. The summed E-state index contributed by atoms with van der Waals surface area (Å²) < 4.78 is 24.3. The summed E-state index contributed by atoms with van der Waals surface area (Å²) in [7, 11) is 1.53. The first kappa shape index (κ1) is 12.0. The molecule has 94 valence electrons. The van der Waals surface area contributed by atoms with Crippen LogP contribution in [0.15, 0.2) is 12.1 Å². The van der Waals surface area contributed by atoms with E-state index in [9.17, 15) is 4.39 Å². The van der Waals surface area contributed by atoms with Gasteiger partial charge in [0.2, 0.25) is 0 Å². The van der Waals surface area contributed by atoms with Gasteiger partial charge in [0.05, 0.1) is 25.1 Å². The third kappa shape index (κ3) is 2.61. The van der Waals surface area contributed by atoms with Gasteiger partial charge < -0.3 is 20.1 Å². The van der Waals surface area contributed by atoms with Crippen molar-refractivity contribution in [2.75, 3.05) is 44.0 Å². The van der Waals surface area contributed by atoms with Crippen molar-refractivity contribution in [1.82, 2.24) is 0 Å². The molecule has 0 atom stereocenters. The van der Waals surface area contributed by atoms with E-state index in [0.29, 0.717) is 30.3 Å². The van der Waals surface area contributed by atoms with Gasteiger partial charge in [-0.25, -0.2) is 4.39 Å². The Hall–Kier alpha value is -1.49. The number of rotatable bonds is 2. The Morgan fingerprint density at radius 2 is 2.18 bits per heavy atom. The van der Waals surface area contributed by atoms with Crippen molar-refractivity contribution in [3.05, 3.63) is 17.9 Å². The lowest BCUT2D eigenvalue weighted by Crippen LogP contribution is -2.26. The number of hydrogen-bond donors (Lipinski definition) is 1. The Morgan fingerprint density at radius 3 is 2.94 bits per heavy atom. The average molecular weight is 240 g/mol. The van der Waals surface area contributed by atoms with Gasteiger partial charge in [-0.2, -0.15) is 0 Å². The zero-order valence-electron chi connectivity index (χ0n) is 9.91. The van der Waals surface area contributed by atoms with E-state index in [2.05, 4.69) is 0 Å². The number of anilines is 2. The van der Waals surface area contributed by atoms with Crippen LogP contribution in [0, 0.1) is 5.82 Å². The lowest BCUT2D eigenvalue weighted by atomic mass is 10.2. The van der Waals surface area contributed by atoms with Crippen molar-refractivity contribution in [3.8, 4) is 5.75 Å². The highest BCUT2D eigenvalue weighted by Crippen LogP contribution is 2.31. The number of methoxy groups -OCH3 is 1. The summed E-state index contributed by atoms with van der Waals surface area (Å²) in [5, 5.41) is 0. The zero-order chi connectivity index (χ0) is 12.3. The molecule has 0 unspecified atom stereocenters. The maximum Gasteiger partial charge on any atom is 0.148 e. The van der Waals surface area contributed by atoms with Crippen LogP contribution in [0.5, 0.6) is 5.75 Å². The van der Waals surface area contributed by atoms with Crippen molar-refractivity contribution in [2.45, 2.75) is 6.42 Å². The molecule has 2 rings (SSSR count). The van der Waals surface area contributed by atoms with Crippen molar-refractivity contribution in [1.29, 1.82) is 0 Å². The summed E-state index contributed by atoms with van der Waals surface area (Å²) in [4.78, 5) is 1.96. The van der Waals surface area contributed by atoms with E-state index in [4.69, 9.17) is 15.2 Å².